The monoisotopic (exact) mass is 331 g/mol. The Morgan fingerprint density at radius 3 is 2.48 bits per heavy atom. The number of amides is 1. The van der Waals surface area contributed by atoms with Crippen molar-refractivity contribution in [3.05, 3.63) is 11.9 Å². The average molecular weight is 331 g/mol. The van der Waals surface area contributed by atoms with Crippen molar-refractivity contribution in [1.82, 2.24) is 5.32 Å². The van der Waals surface area contributed by atoms with Gasteiger partial charge in [-0.2, -0.15) is 0 Å². The van der Waals surface area contributed by atoms with Crippen molar-refractivity contribution in [2.24, 2.45) is 10.7 Å². The third kappa shape index (κ3) is 11.1. The van der Waals surface area contributed by atoms with Crippen LogP contribution in [0.25, 0.3) is 0 Å². The van der Waals surface area contributed by atoms with Crippen LogP contribution in [0.2, 0.25) is 0 Å². The summed E-state index contributed by atoms with van der Waals surface area (Å²) in [6, 6.07) is -0.918. The fourth-order valence-corrected chi connectivity index (χ4v) is 1.51. The molecule has 0 unspecified atom stereocenters. The summed E-state index contributed by atoms with van der Waals surface area (Å²) in [7, 11) is 1.21. The molecule has 0 aromatic carbocycles. The van der Waals surface area contributed by atoms with E-state index in [9.17, 15) is 14.0 Å². The molecule has 0 aliphatic carbocycles. The van der Waals surface area contributed by atoms with Gasteiger partial charge in [0.05, 0.1) is 19.5 Å². The molecule has 132 valence electrons. The largest absolute Gasteiger partial charge is 0.467 e. The lowest BCUT2D eigenvalue weighted by Gasteiger charge is -2.22. The molecule has 3 N–H and O–H groups in total. The number of alkyl carbamates (subject to hydrolysis) is 1. The van der Waals surface area contributed by atoms with Gasteiger partial charge in [0.25, 0.3) is 0 Å². The highest BCUT2D eigenvalue weighted by Crippen LogP contribution is 2.09. The molecule has 1 atom stereocenters. The van der Waals surface area contributed by atoms with E-state index in [1.165, 1.54) is 13.2 Å². The number of carbonyl (C=O) groups excluding carboxylic acids is 2. The molecule has 0 aliphatic heterocycles. The normalized spacial score (nSPS) is 14.2. The van der Waals surface area contributed by atoms with Crippen molar-refractivity contribution in [3.63, 3.8) is 0 Å². The summed E-state index contributed by atoms with van der Waals surface area (Å²) in [5.74, 6) is -0.802. The first-order chi connectivity index (χ1) is 10.5. The minimum absolute atomic E-state index is 0.148. The highest BCUT2D eigenvalue weighted by molar-refractivity contribution is 5.81. The van der Waals surface area contributed by atoms with Crippen molar-refractivity contribution < 1.29 is 23.5 Å². The maximum absolute atomic E-state index is 13.5. The number of esters is 1. The molecule has 0 saturated heterocycles. The molecule has 0 fully saturated rings. The summed E-state index contributed by atoms with van der Waals surface area (Å²) in [6.45, 7) is 6.53. The number of nitrogens with one attached hydrogen (secondary N) is 1. The van der Waals surface area contributed by atoms with E-state index in [0.717, 1.165) is 0 Å². The Bertz CT molecular complexity index is 466. The topological polar surface area (TPSA) is 103 Å². The average Bonchev–Trinajstić information content (AvgIpc) is 2.41. The summed E-state index contributed by atoms with van der Waals surface area (Å²) in [6.07, 6.45) is 0.949. The number of amidine groups is 1. The lowest BCUT2D eigenvalue weighted by molar-refractivity contribution is -0.143. The predicted octanol–water partition coefficient (Wildman–Crippen LogP) is 2.06. The molecule has 0 aliphatic rings. The van der Waals surface area contributed by atoms with E-state index in [1.54, 1.807) is 27.7 Å². The SMILES string of the molecule is COC(=O)[C@H](CCC=C(F)CN=C(C)N)NC(=O)OC(C)(C)C. The number of allylic oxidation sites excluding steroid dienone is 1. The van der Waals surface area contributed by atoms with E-state index in [4.69, 9.17) is 10.5 Å². The second-order valence-corrected chi connectivity index (χ2v) is 5.91. The van der Waals surface area contributed by atoms with Crippen LogP contribution in [-0.2, 0) is 14.3 Å². The molecule has 23 heavy (non-hydrogen) atoms. The van der Waals surface area contributed by atoms with Gasteiger partial charge in [-0.3, -0.25) is 4.99 Å². The zero-order valence-corrected chi connectivity index (χ0v) is 14.3. The Kier molecular flexibility index (Phi) is 8.90. The Balaban J connectivity index is 4.58. The smallest absolute Gasteiger partial charge is 0.408 e. The van der Waals surface area contributed by atoms with Crippen LogP contribution < -0.4 is 11.1 Å². The highest BCUT2D eigenvalue weighted by atomic mass is 19.1. The maximum atomic E-state index is 13.5. The van der Waals surface area contributed by atoms with Crippen molar-refractivity contribution >= 4 is 17.9 Å². The molecule has 0 rings (SSSR count). The summed E-state index contributed by atoms with van der Waals surface area (Å²) in [5.41, 5.74) is 4.63. The predicted molar refractivity (Wildman–Crippen MR) is 85.8 cm³/mol. The van der Waals surface area contributed by atoms with Crippen molar-refractivity contribution in [2.45, 2.75) is 52.2 Å². The van der Waals surface area contributed by atoms with Gasteiger partial charge in [-0.05, 0) is 40.5 Å². The Morgan fingerprint density at radius 2 is 2.00 bits per heavy atom. The second-order valence-electron chi connectivity index (χ2n) is 5.91. The first kappa shape index (κ1) is 20.9. The van der Waals surface area contributed by atoms with Gasteiger partial charge >= 0.3 is 12.1 Å². The molecule has 0 heterocycles. The van der Waals surface area contributed by atoms with Crippen LogP contribution in [0.15, 0.2) is 16.9 Å². The van der Waals surface area contributed by atoms with E-state index in [1.807, 2.05) is 0 Å². The molecule has 0 aromatic rings. The van der Waals surface area contributed by atoms with Crippen LogP contribution in [0.3, 0.4) is 0 Å². The fraction of sp³-hybridized carbons (Fsp3) is 0.667. The van der Waals surface area contributed by atoms with Crippen LogP contribution in [0.5, 0.6) is 0 Å². The molecular weight excluding hydrogens is 305 g/mol. The van der Waals surface area contributed by atoms with Gasteiger partial charge in [-0.15, -0.1) is 0 Å². The van der Waals surface area contributed by atoms with Crippen LogP contribution in [0.4, 0.5) is 9.18 Å². The highest BCUT2D eigenvalue weighted by Gasteiger charge is 2.24. The first-order valence-electron chi connectivity index (χ1n) is 7.23. The number of hydrogen-bond donors (Lipinski definition) is 2. The molecule has 0 bridgehead atoms. The minimum atomic E-state index is -0.918. The first-order valence-corrected chi connectivity index (χ1v) is 7.23. The number of carbonyl (C=O) groups is 2. The van der Waals surface area contributed by atoms with Crippen molar-refractivity contribution in [1.29, 1.82) is 0 Å². The van der Waals surface area contributed by atoms with Gasteiger partial charge in [0, 0.05) is 0 Å². The summed E-state index contributed by atoms with van der Waals surface area (Å²) < 4.78 is 23.1. The summed E-state index contributed by atoms with van der Waals surface area (Å²) >= 11 is 0. The van der Waals surface area contributed by atoms with E-state index in [2.05, 4.69) is 15.0 Å². The maximum Gasteiger partial charge on any atom is 0.408 e. The number of nitrogens with two attached hydrogens (primary N) is 1. The number of nitrogens with zero attached hydrogens (tertiary/aromatic N) is 1. The number of aliphatic imine (C=N–C) groups is 1. The molecule has 0 radical (unpaired) electrons. The van der Waals surface area contributed by atoms with E-state index in [-0.39, 0.29) is 25.2 Å². The van der Waals surface area contributed by atoms with Gasteiger partial charge in [0.1, 0.15) is 17.5 Å². The van der Waals surface area contributed by atoms with Crippen LogP contribution in [0.1, 0.15) is 40.5 Å². The molecule has 0 saturated carbocycles. The Morgan fingerprint density at radius 1 is 1.39 bits per heavy atom. The number of halogens is 1. The third-order valence-corrected chi connectivity index (χ3v) is 2.48. The van der Waals surface area contributed by atoms with E-state index in [0.29, 0.717) is 0 Å². The molecular formula is C15H26FN3O4. The quantitative estimate of drug-likeness (QED) is 0.422. The zero-order valence-electron chi connectivity index (χ0n) is 14.3. The van der Waals surface area contributed by atoms with Gasteiger partial charge in [0.15, 0.2) is 0 Å². The van der Waals surface area contributed by atoms with Crippen LogP contribution in [-0.4, -0.2) is 43.2 Å². The lowest BCUT2D eigenvalue weighted by atomic mass is 10.1. The van der Waals surface area contributed by atoms with Gasteiger partial charge in [0.2, 0.25) is 0 Å². The number of methoxy groups -OCH3 is 1. The Labute approximate surface area is 136 Å². The lowest BCUT2D eigenvalue weighted by Crippen LogP contribution is -2.43. The standard InChI is InChI=1S/C15H26FN3O4/c1-10(17)18-9-11(16)7-6-8-12(13(20)22-5)19-14(21)23-15(2,3)4/h7,12H,6,8-9H2,1-5H3,(H2,17,18)(H,19,21)/t12-/m0/s1. The zero-order chi connectivity index (χ0) is 18.0. The van der Waals surface area contributed by atoms with Gasteiger partial charge < -0.3 is 20.5 Å². The molecule has 0 spiro atoms. The second kappa shape index (κ2) is 9.81. The fourth-order valence-electron chi connectivity index (χ4n) is 1.51. The van der Waals surface area contributed by atoms with E-state index < -0.39 is 29.5 Å². The molecule has 8 heteroatoms. The van der Waals surface area contributed by atoms with Crippen LogP contribution >= 0.6 is 0 Å². The summed E-state index contributed by atoms with van der Waals surface area (Å²) in [4.78, 5) is 27.1. The van der Waals surface area contributed by atoms with Crippen molar-refractivity contribution in [2.75, 3.05) is 13.7 Å². The summed E-state index contributed by atoms with van der Waals surface area (Å²) in [5, 5.41) is 2.41. The molecule has 7 nitrogen and oxygen atoms in total. The minimum Gasteiger partial charge on any atom is -0.467 e. The number of hydrogen-bond acceptors (Lipinski definition) is 5. The Hall–Kier alpha value is -2.12. The van der Waals surface area contributed by atoms with Crippen LogP contribution in [0, 0.1) is 0 Å². The van der Waals surface area contributed by atoms with Gasteiger partial charge in [-0.1, -0.05) is 6.08 Å². The van der Waals surface area contributed by atoms with E-state index >= 15 is 0 Å². The number of ether oxygens (including phenoxy) is 2. The molecule has 0 aromatic heterocycles. The van der Waals surface area contributed by atoms with Crippen molar-refractivity contribution in [3.8, 4) is 0 Å². The third-order valence-electron chi connectivity index (χ3n) is 2.48. The molecule has 1 amide bonds. The van der Waals surface area contributed by atoms with Gasteiger partial charge in [-0.25, -0.2) is 14.0 Å². The number of rotatable bonds is 7.